The fourth-order valence-corrected chi connectivity index (χ4v) is 3.84. The first-order chi connectivity index (χ1) is 12.5. The van der Waals surface area contributed by atoms with Crippen molar-refractivity contribution in [3.8, 4) is 0 Å². The van der Waals surface area contributed by atoms with E-state index in [1.54, 1.807) is 11.3 Å². The third-order valence-corrected chi connectivity index (χ3v) is 5.22. The molecule has 0 atom stereocenters. The Bertz CT molecular complexity index is 1040. The molecule has 7 nitrogen and oxygen atoms in total. The average molecular weight is 441 g/mol. The van der Waals surface area contributed by atoms with Crippen LogP contribution in [0.15, 0.2) is 51.8 Å². The highest BCUT2D eigenvalue weighted by molar-refractivity contribution is 9.10. The molecule has 26 heavy (non-hydrogen) atoms. The number of carbonyl (C=O) groups is 1. The summed E-state index contributed by atoms with van der Waals surface area (Å²) in [7, 11) is 0. The van der Waals surface area contributed by atoms with E-state index in [1.165, 1.54) is 10.9 Å². The zero-order chi connectivity index (χ0) is 18.7. The van der Waals surface area contributed by atoms with Gasteiger partial charge in [-0.3, -0.25) is 4.57 Å². The van der Waals surface area contributed by atoms with Crippen LogP contribution in [-0.2, 0) is 13.1 Å². The van der Waals surface area contributed by atoms with Crippen LogP contribution < -0.4 is 11.0 Å². The quantitative estimate of drug-likeness (QED) is 0.615. The van der Waals surface area contributed by atoms with E-state index in [9.17, 15) is 14.0 Å². The van der Waals surface area contributed by atoms with Crippen LogP contribution in [-0.4, -0.2) is 32.1 Å². The van der Waals surface area contributed by atoms with Gasteiger partial charge in [0, 0.05) is 20.6 Å². The van der Waals surface area contributed by atoms with E-state index in [4.69, 9.17) is 5.11 Å². The molecule has 1 amide bonds. The van der Waals surface area contributed by atoms with Crippen molar-refractivity contribution in [2.24, 2.45) is 0 Å². The Kier molecular flexibility index (Phi) is 5.52. The number of aromatic nitrogens is 3. The molecule has 3 rings (SSSR count). The maximum Gasteiger partial charge on any atom is 0.404 e. The molecule has 2 heterocycles. The topological polar surface area (TPSA) is 89.2 Å². The van der Waals surface area contributed by atoms with Crippen molar-refractivity contribution in [2.45, 2.75) is 13.1 Å². The van der Waals surface area contributed by atoms with Crippen LogP contribution in [0.25, 0.3) is 10.1 Å². The number of carboxylic acid groups (broad SMARTS) is 1. The third kappa shape index (κ3) is 4.20. The van der Waals surface area contributed by atoms with Crippen molar-refractivity contribution in [1.29, 1.82) is 0 Å². The molecule has 2 N–H and O–H groups in total. The number of nitrogens with zero attached hydrogens (tertiary/aromatic N) is 3. The lowest BCUT2D eigenvalue weighted by molar-refractivity contribution is 0.195. The van der Waals surface area contributed by atoms with Gasteiger partial charge >= 0.3 is 11.8 Å². The molecule has 0 radical (unpaired) electrons. The molecule has 0 spiro atoms. The number of hydrogen-bond donors (Lipinski definition) is 2. The molecular formula is C16H14BrFN4O3S. The molecule has 0 saturated heterocycles. The highest BCUT2D eigenvalue weighted by atomic mass is 79.9. The summed E-state index contributed by atoms with van der Waals surface area (Å²) >= 11 is 5.02. The highest BCUT2D eigenvalue weighted by Gasteiger charge is 2.10. The largest absolute Gasteiger partial charge is 0.465 e. The highest BCUT2D eigenvalue weighted by Crippen LogP contribution is 2.28. The molecule has 136 valence electrons. The molecule has 0 aliphatic rings. The molecule has 3 aromatic rings. The van der Waals surface area contributed by atoms with E-state index in [0.717, 1.165) is 24.1 Å². The third-order valence-electron chi connectivity index (χ3n) is 3.63. The van der Waals surface area contributed by atoms with E-state index in [0.29, 0.717) is 6.54 Å². The van der Waals surface area contributed by atoms with Crippen LogP contribution in [0, 0.1) is 0 Å². The van der Waals surface area contributed by atoms with Gasteiger partial charge in [-0.05, 0) is 35.2 Å². The van der Waals surface area contributed by atoms with Gasteiger partial charge in [-0.15, -0.1) is 11.3 Å². The van der Waals surface area contributed by atoms with E-state index < -0.39 is 11.8 Å². The van der Waals surface area contributed by atoms with Crippen LogP contribution in [0.2, 0.25) is 0 Å². The Labute approximate surface area is 159 Å². The molecule has 2 aromatic heterocycles. The summed E-state index contributed by atoms with van der Waals surface area (Å²) in [6.07, 6.45) is 0.410. The first-order valence-electron chi connectivity index (χ1n) is 7.51. The van der Waals surface area contributed by atoms with Crippen LogP contribution in [0.3, 0.4) is 0 Å². The summed E-state index contributed by atoms with van der Waals surface area (Å²) in [4.78, 5) is 23.9. The number of fused-ring (bicyclic) bond motifs is 1. The monoisotopic (exact) mass is 440 g/mol. The molecule has 0 fully saturated rings. The van der Waals surface area contributed by atoms with Gasteiger partial charge in [-0.2, -0.15) is 5.10 Å². The van der Waals surface area contributed by atoms with Crippen LogP contribution in [0.5, 0.6) is 0 Å². The number of amides is 1. The van der Waals surface area contributed by atoms with E-state index in [-0.39, 0.29) is 25.0 Å². The normalized spacial score (nSPS) is 11.8. The van der Waals surface area contributed by atoms with Crippen molar-refractivity contribution in [2.75, 3.05) is 6.54 Å². The van der Waals surface area contributed by atoms with Crippen molar-refractivity contribution in [3.63, 3.8) is 0 Å². The van der Waals surface area contributed by atoms with Crippen molar-refractivity contribution < 1.29 is 14.3 Å². The summed E-state index contributed by atoms with van der Waals surface area (Å²) in [5.41, 5.74) is -0.287. The summed E-state index contributed by atoms with van der Waals surface area (Å²) < 4.78 is 17.5. The van der Waals surface area contributed by atoms with E-state index in [1.807, 2.05) is 24.3 Å². The van der Waals surface area contributed by atoms with Crippen molar-refractivity contribution in [3.05, 3.63) is 62.3 Å². The van der Waals surface area contributed by atoms with Gasteiger partial charge in [-0.25, -0.2) is 18.7 Å². The number of nitrogens with one attached hydrogen (secondary N) is 1. The fourth-order valence-electron chi connectivity index (χ4n) is 2.41. The lowest BCUT2D eigenvalue weighted by Gasteiger charge is -2.05. The Morgan fingerprint density at radius 3 is 2.96 bits per heavy atom. The minimum Gasteiger partial charge on any atom is -0.465 e. The molecular weight excluding hydrogens is 427 g/mol. The summed E-state index contributed by atoms with van der Waals surface area (Å²) in [5.74, 6) is 0. The average Bonchev–Trinajstić information content (AvgIpc) is 3.15. The Morgan fingerprint density at radius 1 is 1.42 bits per heavy atom. The van der Waals surface area contributed by atoms with Crippen LogP contribution in [0.1, 0.15) is 4.88 Å². The van der Waals surface area contributed by atoms with Gasteiger partial charge < -0.3 is 10.4 Å². The molecule has 1 aromatic carbocycles. The lowest BCUT2D eigenvalue weighted by Crippen LogP contribution is -2.29. The predicted octanol–water partition coefficient (Wildman–Crippen LogP) is 3.19. The number of rotatable bonds is 6. The smallest absolute Gasteiger partial charge is 0.404 e. The molecule has 10 heteroatoms. The second-order valence-electron chi connectivity index (χ2n) is 5.52. The van der Waals surface area contributed by atoms with Gasteiger partial charge in [-0.1, -0.05) is 15.9 Å². The van der Waals surface area contributed by atoms with Crippen molar-refractivity contribution in [1.82, 2.24) is 19.7 Å². The van der Waals surface area contributed by atoms with Gasteiger partial charge in [0.05, 0.1) is 19.4 Å². The van der Waals surface area contributed by atoms with Gasteiger partial charge in [0.15, 0.2) is 0 Å². The molecule has 0 saturated carbocycles. The van der Waals surface area contributed by atoms with E-state index in [2.05, 4.69) is 26.3 Å². The molecule has 0 aliphatic carbocycles. The second-order valence-corrected chi connectivity index (χ2v) is 7.60. The number of hydrogen-bond acceptors (Lipinski definition) is 4. The fraction of sp³-hybridized carbons (Fsp3) is 0.188. The Morgan fingerprint density at radius 2 is 2.23 bits per heavy atom. The summed E-state index contributed by atoms with van der Waals surface area (Å²) in [6.45, 7) is 0.0240. The van der Waals surface area contributed by atoms with Gasteiger partial charge in [0.25, 0.3) is 0 Å². The van der Waals surface area contributed by atoms with Crippen molar-refractivity contribution >= 4 is 43.4 Å². The van der Waals surface area contributed by atoms with Crippen LogP contribution >= 0.6 is 27.3 Å². The summed E-state index contributed by atoms with van der Waals surface area (Å²) in [6, 6.07) is 7.99. The van der Waals surface area contributed by atoms with Gasteiger partial charge in [0.1, 0.15) is 6.33 Å². The Hall–Kier alpha value is -2.46. The maximum absolute atomic E-state index is 12.9. The van der Waals surface area contributed by atoms with Gasteiger partial charge in [0.2, 0.25) is 0 Å². The number of halogens is 2. The maximum atomic E-state index is 12.9. The predicted molar refractivity (Wildman–Crippen MR) is 100 cm³/mol. The zero-order valence-electron chi connectivity index (χ0n) is 13.4. The number of thiophene rings is 1. The molecule has 0 bridgehead atoms. The Balaban J connectivity index is 1.75. The first-order valence-corrected chi connectivity index (χ1v) is 9.12. The molecule has 0 aliphatic heterocycles. The van der Waals surface area contributed by atoms with Crippen LogP contribution in [0.4, 0.5) is 9.18 Å². The number of benzene rings is 1. The zero-order valence-corrected chi connectivity index (χ0v) is 15.8. The minimum atomic E-state index is -1.27. The SMILES string of the molecule is O=C(O)NCC(=CF)Cn1ncn(Cc2cc3cc(Br)ccc3s2)c1=O. The lowest BCUT2D eigenvalue weighted by atomic mass is 10.2. The van der Waals surface area contributed by atoms with E-state index >= 15 is 0 Å². The first kappa shape index (κ1) is 18.3. The minimum absolute atomic E-state index is 0.103. The standard InChI is InChI=1S/C16H14BrFN4O3S/c17-12-1-2-14-11(3-12)4-13(26-14)8-21-9-20-22(16(21)25)7-10(5-18)6-19-15(23)24/h1-5,9,19H,6-8H2,(H,23,24). The molecule has 0 unspecified atom stereocenters. The second kappa shape index (κ2) is 7.83. The summed E-state index contributed by atoms with van der Waals surface area (Å²) in [5, 5.41) is 15.7.